The molecule has 16 nitrogen and oxygen atoms in total. The Balaban J connectivity index is 0.918. The Labute approximate surface area is 385 Å². The molecule has 66 heavy (non-hydrogen) atoms. The van der Waals surface area contributed by atoms with Gasteiger partial charge in [0.05, 0.1) is 21.0 Å². The van der Waals surface area contributed by atoms with Gasteiger partial charge >= 0.3 is 0 Å². The van der Waals surface area contributed by atoms with Crippen molar-refractivity contribution < 1.29 is 32.8 Å². The average Bonchev–Trinajstić information content (AvgIpc) is 3.97. The zero-order valence-electron chi connectivity index (χ0n) is 37.8. The van der Waals surface area contributed by atoms with Crippen LogP contribution in [0.3, 0.4) is 0 Å². The smallest absolute Gasteiger partial charge is 0.293 e. The van der Waals surface area contributed by atoms with Gasteiger partial charge in [0.25, 0.3) is 27.5 Å². The summed E-state index contributed by atoms with van der Waals surface area (Å²) >= 11 is 0. The summed E-state index contributed by atoms with van der Waals surface area (Å²) in [5, 5.41) is 26.3. The zero-order valence-corrected chi connectivity index (χ0v) is 38.6. The average molecular weight is 921 g/mol. The summed E-state index contributed by atoms with van der Waals surface area (Å²) in [4.78, 5) is 42.7. The largest absolute Gasteiger partial charge is 0.451 e. The highest BCUT2D eigenvalue weighted by Crippen LogP contribution is 2.54. The minimum absolute atomic E-state index is 0.0377. The van der Waals surface area contributed by atoms with Crippen LogP contribution in [0.4, 0.5) is 17.1 Å². The number of H-pyrrole nitrogens is 1. The number of benzene rings is 3. The van der Waals surface area contributed by atoms with E-state index in [0.29, 0.717) is 48.4 Å². The molecule has 350 valence electrons. The lowest BCUT2D eigenvalue weighted by atomic mass is 9.59. The SMILES string of the molecule is CC(C)c1ccccc1[C@@H]1CCCN1C1CC2(CCN(c3ccc(C(=O)NS(=O)(=O)c4ccc(NC[C@H]5CC[C@](C)(O)CC5)c([N+](=O)[O-])c4)c(Oc4cc5cc[nH]c5nc4ON)c3)CC2)C1. The number of amides is 1. The van der Waals surface area contributed by atoms with Crippen LogP contribution in [0.2, 0.25) is 0 Å². The van der Waals surface area contributed by atoms with Crippen molar-refractivity contribution >= 4 is 44.0 Å². The fourth-order valence-corrected chi connectivity index (χ4v) is 11.9. The summed E-state index contributed by atoms with van der Waals surface area (Å²) < 4.78 is 36.1. The predicted octanol–water partition coefficient (Wildman–Crippen LogP) is 8.70. The number of hydrogen-bond acceptors (Lipinski definition) is 13. The lowest BCUT2D eigenvalue weighted by molar-refractivity contribution is -0.384. The van der Waals surface area contributed by atoms with Crippen LogP contribution in [0.15, 0.2) is 83.9 Å². The number of piperidine rings is 1. The number of carbonyl (C=O) groups is 1. The summed E-state index contributed by atoms with van der Waals surface area (Å²) in [6, 6.07) is 21.9. The summed E-state index contributed by atoms with van der Waals surface area (Å²) in [5.41, 5.74) is 3.39. The highest BCUT2D eigenvalue weighted by molar-refractivity contribution is 7.90. The van der Waals surface area contributed by atoms with E-state index in [4.69, 9.17) is 15.5 Å². The van der Waals surface area contributed by atoms with E-state index in [0.717, 1.165) is 57.1 Å². The normalized spacial score (nSPS) is 22.4. The number of nitrogens with two attached hydrogens (primary N) is 1. The summed E-state index contributed by atoms with van der Waals surface area (Å²) in [5.74, 6) is 5.38. The number of nitro groups is 1. The number of ether oxygens (including phenoxy) is 1. The van der Waals surface area contributed by atoms with E-state index in [1.807, 2.05) is 0 Å². The van der Waals surface area contributed by atoms with Crippen LogP contribution < -0.4 is 30.4 Å². The van der Waals surface area contributed by atoms with Gasteiger partial charge in [0.2, 0.25) is 0 Å². The first-order valence-electron chi connectivity index (χ1n) is 23.2. The molecule has 1 amide bonds. The third-order valence-electron chi connectivity index (χ3n) is 14.7. The molecule has 9 rings (SSSR count). The number of sulfonamides is 1. The fourth-order valence-electron chi connectivity index (χ4n) is 10.9. The molecule has 2 aromatic heterocycles. The van der Waals surface area contributed by atoms with Gasteiger partial charge in [-0.15, -0.1) is 0 Å². The predicted molar refractivity (Wildman–Crippen MR) is 252 cm³/mol. The molecule has 17 heteroatoms. The number of nitro benzene ring substituents is 1. The van der Waals surface area contributed by atoms with Gasteiger partial charge in [-0.2, -0.15) is 10.9 Å². The summed E-state index contributed by atoms with van der Waals surface area (Å²) in [7, 11) is -4.62. The molecule has 0 unspecified atom stereocenters. The lowest BCUT2D eigenvalue weighted by Gasteiger charge is -2.56. The number of fused-ring (bicyclic) bond motifs is 1. The van der Waals surface area contributed by atoms with Crippen molar-refractivity contribution in [2.45, 2.75) is 113 Å². The summed E-state index contributed by atoms with van der Waals surface area (Å²) in [6.45, 7) is 9.52. The number of aromatic amines is 1. The number of anilines is 2. The third kappa shape index (κ3) is 9.30. The molecule has 2 saturated heterocycles. The van der Waals surface area contributed by atoms with Gasteiger partial charge < -0.3 is 29.9 Å². The maximum atomic E-state index is 14.1. The number of nitrogens with one attached hydrogen (secondary N) is 3. The van der Waals surface area contributed by atoms with E-state index in [1.54, 1.807) is 37.4 Å². The zero-order chi connectivity index (χ0) is 46.4. The monoisotopic (exact) mass is 920 g/mol. The van der Waals surface area contributed by atoms with Crippen LogP contribution in [0.25, 0.3) is 11.0 Å². The molecule has 5 aromatic rings. The van der Waals surface area contributed by atoms with E-state index in [9.17, 15) is 28.4 Å². The molecule has 2 aliphatic carbocycles. The fraction of sp³-hybridized carbons (Fsp3) is 0.469. The van der Waals surface area contributed by atoms with Gasteiger partial charge in [-0.3, -0.25) is 19.8 Å². The van der Waals surface area contributed by atoms with E-state index >= 15 is 0 Å². The second-order valence-corrected chi connectivity index (χ2v) is 21.2. The Morgan fingerprint density at radius 2 is 1.76 bits per heavy atom. The maximum absolute atomic E-state index is 14.1. The van der Waals surface area contributed by atoms with Crippen molar-refractivity contribution in [1.29, 1.82) is 0 Å². The van der Waals surface area contributed by atoms with Crippen LogP contribution >= 0.6 is 0 Å². The van der Waals surface area contributed by atoms with Crippen molar-refractivity contribution in [3.8, 4) is 17.4 Å². The van der Waals surface area contributed by atoms with Gasteiger partial charge in [0.1, 0.15) is 17.1 Å². The minimum Gasteiger partial charge on any atom is -0.451 e. The maximum Gasteiger partial charge on any atom is 0.293 e. The molecule has 2 aliphatic heterocycles. The Hall–Kier alpha value is -5.75. The number of aliphatic hydroxyl groups is 1. The van der Waals surface area contributed by atoms with Gasteiger partial charge in [0, 0.05) is 61.1 Å². The molecule has 4 heterocycles. The van der Waals surface area contributed by atoms with Gasteiger partial charge in [-0.1, -0.05) is 38.1 Å². The van der Waals surface area contributed by atoms with Crippen LogP contribution in [0.1, 0.15) is 118 Å². The van der Waals surface area contributed by atoms with Crippen molar-refractivity contribution in [1.82, 2.24) is 19.6 Å². The first kappa shape index (κ1) is 45.4. The van der Waals surface area contributed by atoms with Crippen molar-refractivity contribution in [3.63, 3.8) is 0 Å². The first-order valence-corrected chi connectivity index (χ1v) is 24.7. The van der Waals surface area contributed by atoms with E-state index in [1.165, 1.54) is 55.0 Å². The second kappa shape index (κ2) is 18.1. The number of likely N-dealkylation sites (tertiary alicyclic amines) is 1. The molecule has 0 radical (unpaired) electrons. The molecular formula is C49H60N8O8S. The highest BCUT2D eigenvalue weighted by atomic mass is 32.2. The molecule has 0 bridgehead atoms. The molecule has 4 aliphatic rings. The molecule has 6 N–H and O–H groups in total. The van der Waals surface area contributed by atoms with E-state index < -0.39 is 37.0 Å². The molecule has 1 spiro atoms. The summed E-state index contributed by atoms with van der Waals surface area (Å²) in [6.07, 6.45) is 11.3. The van der Waals surface area contributed by atoms with Crippen LogP contribution in [0.5, 0.6) is 17.4 Å². The molecule has 4 fully saturated rings. The van der Waals surface area contributed by atoms with E-state index in [2.05, 4.69) is 67.9 Å². The van der Waals surface area contributed by atoms with Gasteiger partial charge in [-0.05, 0) is 142 Å². The van der Waals surface area contributed by atoms with Crippen molar-refractivity contribution in [2.75, 3.05) is 36.4 Å². The molecular weight excluding hydrogens is 861 g/mol. The number of aromatic nitrogens is 2. The van der Waals surface area contributed by atoms with Crippen LogP contribution in [-0.2, 0) is 10.0 Å². The minimum atomic E-state index is -4.62. The van der Waals surface area contributed by atoms with Crippen molar-refractivity contribution in [2.24, 2.45) is 17.2 Å². The highest BCUT2D eigenvalue weighted by Gasteiger charge is 2.50. The Morgan fingerprint density at radius 1 is 1.00 bits per heavy atom. The van der Waals surface area contributed by atoms with Crippen molar-refractivity contribution in [3.05, 3.63) is 106 Å². The second-order valence-electron chi connectivity index (χ2n) is 19.5. The standard InChI is InChI=1S/C49H60N8O8S/c1-31(2)37-7-4-5-8-38(37)41-9-6-22-56(41)35-28-49(29-35)19-23-55(24-20-49)34-10-12-39(43(26-34)64-44-25-33-16-21-51-45(33)53-47(44)65-50)46(58)54-66(62,63)36-11-13-40(42(27-36)57(60)61)52-30-32-14-17-48(3,59)18-15-32/h4-5,7-8,10-13,16,21,25-27,31-32,35,41,52,59H,6,9,14-15,17-20,22-24,28-30,50H2,1-3H3,(H,51,53)(H,54,58)/t32-,41-,48-/m0/s1. The lowest BCUT2D eigenvalue weighted by Crippen LogP contribution is -2.54. The first-order chi connectivity index (χ1) is 31.6. The van der Waals surface area contributed by atoms with Gasteiger partial charge in [0.15, 0.2) is 5.75 Å². The number of carbonyl (C=O) groups excluding carboxylic acids is 1. The number of rotatable bonds is 14. The molecule has 2 saturated carbocycles. The quantitative estimate of drug-likeness (QED) is 0.0521. The molecule has 1 atom stereocenters. The Bertz CT molecular complexity index is 2710. The van der Waals surface area contributed by atoms with Crippen LogP contribution in [-0.4, -0.2) is 77.0 Å². The number of pyridine rings is 1. The van der Waals surface area contributed by atoms with E-state index in [-0.39, 0.29) is 40.0 Å². The topological polar surface area (TPSA) is 218 Å². The third-order valence-corrected chi connectivity index (χ3v) is 16.1. The number of nitrogens with zero attached hydrogens (tertiary/aromatic N) is 4. The Morgan fingerprint density at radius 3 is 2.48 bits per heavy atom. The Kier molecular flexibility index (Phi) is 12.5. The van der Waals surface area contributed by atoms with Crippen LogP contribution in [0, 0.1) is 21.4 Å². The number of hydrogen-bond donors (Lipinski definition) is 5. The molecule has 3 aromatic carbocycles. The van der Waals surface area contributed by atoms with Gasteiger partial charge in [-0.25, -0.2) is 13.1 Å².